The van der Waals surface area contributed by atoms with Gasteiger partial charge in [0.05, 0.1) is 35.1 Å². The van der Waals surface area contributed by atoms with Gasteiger partial charge in [-0.2, -0.15) is 0 Å². The molecule has 13 nitrogen and oxygen atoms in total. The van der Waals surface area contributed by atoms with Crippen LogP contribution in [0.3, 0.4) is 0 Å². The standard InChI is InChI=1S/C33H48IN7O6/c1-18(2)23(26(42)31(46)40-34)37-30(45)25-21-13-9-12-20(21)17-41(25)32(47)27(33(3,4)5)39-29(44)24(19-10-7-6-8-11-19)38-28(43)22-16-35-14-15-36-22/h14-16,18-21,23-25,27H,6-13,17H2,1-5H3,(H,37,45)(H,38,43)(H,39,44)(H,40,46)/t20-,21-,23-,24-,25?,27?/m0/s1. The molecule has 0 radical (unpaired) electrons. The maximum absolute atomic E-state index is 14.5. The quantitative estimate of drug-likeness (QED) is 0.151. The summed E-state index contributed by atoms with van der Waals surface area (Å²) in [4.78, 5) is 90.3. The maximum atomic E-state index is 14.5. The molecule has 0 bridgehead atoms. The Morgan fingerprint density at radius 3 is 2.21 bits per heavy atom. The number of amides is 5. The average molecular weight is 766 g/mol. The summed E-state index contributed by atoms with van der Waals surface area (Å²) >= 11 is 1.59. The van der Waals surface area contributed by atoms with Crippen LogP contribution in [0.2, 0.25) is 0 Å². The first-order valence-corrected chi connectivity index (χ1v) is 17.7. The Morgan fingerprint density at radius 2 is 1.62 bits per heavy atom. The molecule has 4 N–H and O–H groups in total. The molecule has 1 saturated heterocycles. The van der Waals surface area contributed by atoms with E-state index >= 15 is 0 Å². The number of likely N-dealkylation sites (tertiary alicyclic amines) is 1. The van der Waals surface area contributed by atoms with Crippen LogP contribution in [0.25, 0.3) is 0 Å². The second kappa shape index (κ2) is 15.8. The SMILES string of the molecule is CC(C)[C@H](NC(=O)C1[C@H]2CCC[C@H]2CN1C(=O)C(NC(=O)[C@@H](NC(=O)c1cnccn1)C1CCCCC1)C(C)(C)C)C(=O)C(=O)NI. The molecule has 3 fully saturated rings. The van der Waals surface area contributed by atoms with Gasteiger partial charge in [0.2, 0.25) is 23.5 Å². The number of halogens is 1. The summed E-state index contributed by atoms with van der Waals surface area (Å²) in [6, 6.07) is -3.79. The molecular formula is C33H48IN7O6. The normalized spacial score (nSPS) is 23.3. The number of ketones is 1. The Kier molecular flexibility index (Phi) is 12.3. The summed E-state index contributed by atoms with van der Waals surface area (Å²) in [5.74, 6) is -3.87. The van der Waals surface area contributed by atoms with E-state index in [0.29, 0.717) is 6.54 Å². The van der Waals surface area contributed by atoms with Gasteiger partial charge in [-0.25, -0.2) is 4.98 Å². The molecule has 258 valence electrons. The van der Waals surface area contributed by atoms with E-state index in [2.05, 4.69) is 29.4 Å². The Bertz CT molecular complexity index is 1330. The fourth-order valence-electron chi connectivity index (χ4n) is 7.37. The average Bonchev–Trinajstić information content (AvgIpc) is 3.65. The highest BCUT2D eigenvalue weighted by molar-refractivity contribution is 14.1. The van der Waals surface area contributed by atoms with Crippen LogP contribution in [0, 0.1) is 29.1 Å². The summed E-state index contributed by atoms with van der Waals surface area (Å²) < 4.78 is 2.30. The number of nitrogens with one attached hydrogen (secondary N) is 4. The molecule has 1 aromatic rings. The molecule has 3 aliphatic rings. The molecule has 1 aliphatic heterocycles. The van der Waals surface area contributed by atoms with E-state index in [0.717, 1.165) is 51.4 Å². The first-order chi connectivity index (χ1) is 22.2. The number of aromatic nitrogens is 2. The molecule has 47 heavy (non-hydrogen) atoms. The van der Waals surface area contributed by atoms with E-state index < -0.39 is 59.0 Å². The molecule has 5 amide bonds. The van der Waals surface area contributed by atoms with E-state index in [4.69, 9.17) is 0 Å². The summed E-state index contributed by atoms with van der Waals surface area (Å²) in [7, 11) is 0. The van der Waals surface area contributed by atoms with E-state index in [9.17, 15) is 28.8 Å². The topological polar surface area (TPSA) is 180 Å². The number of hydrogen-bond acceptors (Lipinski definition) is 8. The van der Waals surface area contributed by atoms with Crippen molar-refractivity contribution < 1.29 is 28.8 Å². The Hall–Kier alpha value is -3.17. The maximum Gasteiger partial charge on any atom is 0.298 e. The Labute approximate surface area is 290 Å². The van der Waals surface area contributed by atoms with Crippen LogP contribution in [-0.4, -0.2) is 80.9 Å². The molecule has 14 heteroatoms. The second-order valence-electron chi connectivity index (χ2n) is 14.6. The van der Waals surface area contributed by atoms with Crippen molar-refractivity contribution in [2.24, 2.45) is 29.1 Å². The minimum atomic E-state index is -1.05. The molecule has 2 aliphatic carbocycles. The lowest BCUT2D eigenvalue weighted by molar-refractivity contribution is -0.146. The Balaban J connectivity index is 1.59. The van der Waals surface area contributed by atoms with Crippen molar-refractivity contribution in [2.75, 3.05) is 6.54 Å². The molecule has 2 saturated carbocycles. The van der Waals surface area contributed by atoms with Crippen molar-refractivity contribution in [3.05, 3.63) is 24.3 Å². The summed E-state index contributed by atoms with van der Waals surface area (Å²) in [5.41, 5.74) is -0.650. The Morgan fingerprint density at radius 1 is 0.915 bits per heavy atom. The van der Waals surface area contributed by atoms with Gasteiger partial charge in [-0.15, -0.1) is 0 Å². The summed E-state index contributed by atoms with van der Waals surface area (Å²) in [6.07, 6.45) is 11.2. The first kappa shape index (κ1) is 36.7. The van der Waals surface area contributed by atoms with Crippen LogP contribution in [0.5, 0.6) is 0 Å². The van der Waals surface area contributed by atoms with Crippen molar-refractivity contribution in [3.8, 4) is 0 Å². The van der Waals surface area contributed by atoms with Crippen LogP contribution in [-0.2, 0) is 24.0 Å². The molecule has 1 aromatic heterocycles. The fraction of sp³-hybridized carbons (Fsp3) is 0.697. The van der Waals surface area contributed by atoms with Gasteiger partial charge in [0, 0.05) is 18.9 Å². The monoisotopic (exact) mass is 765 g/mol. The third-order valence-corrected chi connectivity index (χ3v) is 10.4. The molecule has 4 rings (SSSR count). The van der Waals surface area contributed by atoms with Crippen LogP contribution >= 0.6 is 22.9 Å². The van der Waals surface area contributed by atoms with Crippen molar-refractivity contribution >= 4 is 58.2 Å². The number of carbonyl (C=O) groups excluding carboxylic acids is 6. The van der Waals surface area contributed by atoms with Crippen molar-refractivity contribution in [2.45, 2.75) is 110 Å². The minimum absolute atomic E-state index is 0.0937. The van der Waals surface area contributed by atoms with E-state index in [1.54, 1.807) is 41.6 Å². The number of hydrogen-bond donors (Lipinski definition) is 4. The van der Waals surface area contributed by atoms with Gasteiger partial charge < -0.3 is 20.9 Å². The fourth-order valence-corrected chi connectivity index (χ4v) is 7.64. The second-order valence-corrected chi connectivity index (χ2v) is 15.1. The van der Waals surface area contributed by atoms with Gasteiger partial charge in [0.15, 0.2) is 0 Å². The van der Waals surface area contributed by atoms with Gasteiger partial charge in [0.25, 0.3) is 11.8 Å². The number of Topliss-reactive ketones (excluding diaryl/α,β-unsaturated/α-hetero) is 1. The molecule has 6 atom stereocenters. The van der Waals surface area contributed by atoms with E-state index in [1.165, 1.54) is 18.6 Å². The third kappa shape index (κ3) is 8.65. The highest BCUT2D eigenvalue weighted by Crippen LogP contribution is 2.43. The lowest BCUT2D eigenvalue weighted by atomic mass is 9.82. The summed E-state index contributed by atoms with van der Waals surface area (Å²) in [6.45, 7) is 9.41. The molecular weight excluding hydrogens is 717 g/mol. The molecule has 2 unspecified atom stereocenters. The molecule has 0 aromatic carbocycles. The lowest BCUT2D eigenvalue weighted by Gasteiger charge is -2.38. The van der Waals surface area contributed by atoms with Crippen molar-refractivity contribution in [1.29, 1.82) is 0 Å². The zero-order valence-corrected chi connectivity index (χ0v) is 30.0. The van der Waals surface area contributed by atoms with Crippen LogP contribution in [0.4, 0.5) is 0 Å². The van der Waals surface area contributed by atoms with E-state index in [1.807, 2.05) is 20.8 Å². The number of fused-ring (bicyclic) bond motifs is 1. The van der Waals surface area contributed by atoms with E-state index in [-0.39, 0.29) is 35.3 Å². The van der Waals surface area contributed by atoms with Gasteiger partial charge >= 0.3 is 0 Å². The number of carbonyl (C=O) groups is 6. The third-order valence-electron chi connectivity index (χ3n) is 9.88. The van der Waals surface area contributed by atoms with Crippen LogP contribution in [0.15, 0.2) is 18.6 Å². The first-order valence-electron chi connectivity index (χ1n) is 16.7. The van der Waals surface area contributed by atoms with Crippen LogP contribution in [0.1, 0.15) is 96.5 Å². The lowest BCUT2D eigenvalue weighted by Crippen LogP contribution is -2.62. The largest absolute Gasteiger partial charge is 0.344 e. The highest BCUT2D eigenvalue weighted by atomic mass is 127. The van der Waals surface area contributed by atoms with Gasteiger partial charge in [0.1, 0.15) is 23.8 Å². The van der Waals surface area contributed by atoms with Crippen molar-refractivity contribution in [1.82, 2.24) is 34.3 Å². The predicted octanol–water partition coefficient (Wildman–Crippen LogP) is 2.49. The predicted molar refractivity (Wildman–Crippen MR) is 182 cm³/mol. The summed E-state index contributed by atoms with van der Waals surface area (Å²) in [5, 5.41) is 8.66. The van der Waals surface area contributed by atoms with Crippen LogP contribution < -0.4 is 19.5 Å². The number of nitrogens with zero attached hydrogens (tertiary/aromatic N) is 3. The smallest absolute Gasteiger partial charge is 0.298 e. The van der Waals surface area contributed by atoms with Gasteiger partial charge in [-0.1, -0.05) is 60.3 Å². The highest BCUT2D eigenvalue weighted by Gasteiger charge is 2.52. The van der Waals surface area contributed by atoms with Gasteiger partial charge in [-0.05, 0) is 54.8 Å². The zero-order valence-electron chi connectivity index (χ0n) is 27.9. The zero-order chi connectivity index (χ0) is 34.5. The molecule has 2 heterocycles. The minimum Gasteiger partial charge on any atom is -0.344 e. The molecule has 0 spiro atoms. The van der Waals surface area contributed by atoms with Gasteiger partial charge in [-0.3, -0.25) is 37.3 Å². The van der Waals surface area contributed by atoms with Crippen molar-refractivity contribution in [3.63, 3.8) is 0 Å². The number of rotatable bonds is 11.